The third kappa shape index (κ3) is 9.92. The minimum Gasteiger partial charge on any atom is -0.378 e. The van der Waals surface area contributed by atoms with E-state index in [-0.39, 0.29) is 6.10 Å². The zero-order valence-electron chi connectivity index (χ0n) is 16.7. The Morgan fingerprint density at radius 1 is 1.19 bits per heavy atom. The summed E-state index contributed by atoms with van der Waals surface area (Å²) < 4.78 is 18.0. The number of nitrogens with zero attached hydrogens (tertiary/aromatic N) is 1. The van der Waals surface area contributed by atoms with Crippen molar-refractivity contribution in [2.24, 2.45) is 10.9 Å². The van der Waals surface area contributed by atoms with Crippen LogP contribution < -0.4 is 10.6 Å². The van der Waals surface area contributed by atoms with Crippen LogP contribution in [-0.2, 0) is 21.3 Å². The van der Waals surface area contributed by atoms with E-state index in [2.05, 4.69) is 29.5 Å². The van der Waals surface area contributed by atoms with Gasteiger partial charge in [0.05, 0.1) is 6.10 Å². The van der Waals surface area contributed by atoms with Crippen LogP contribution in [-0.4, -0.2) is 48.3 Å². The van der Waals surface area contributed by atoms with Gasteiger partial charge in [0.2, 0.25) is 0 Å². The fourth-order valence-electron chi connectivity index (χ4n) is 2.58. The van der Waals surface area contributed by atoms with E-state index in [0.717, 1.165) is 31.1 Å². The Morgan fingerprint density at radius 3 is 2.54 bits per heavy atom. The Morgan fingerprint density at radius 2 is 1.92 bits per heavy atom. The van der Waals surface area contributed by atoms with E-state index in [4.69, 9.17) is 4.74 Å². The Labute approximate surface area is 161 Å². The third-order valence-electron chi connectivity index (χ3n) is 3.94. The second kappa shape index (κ2) is 13.8. The number of rotatable bonds is 12. The van der Waals surface area contributed by atoms with Gasteiger partial charge in [0.15, 0.2) is 5.96 Å². The van der Waals surface area contributed by atoms with Gasteiger partial charge in [-0.05, 0) is 31.7 Å². The maximum atomic E-state index is 12.2. The van der Waals surface area contributed by atoms with Crippen molar-refractivity contribution in [3.8, 4) is 0 Å². The largest absolute Gasteiger partial charge is 0.378 e. The lowest BCUT2D eigenvalue weighted by molar-refractivity contribution is 0.0266. The SMILES string of the molecule is CCNC(=NCCC(OCC)C(C)C)NCCS(=O)Cc1ccccc1. The standard InChI is InChI=1S/C20H35N3O2S/c1-5-21-20(22-13-12-19(17(3)4)25-6-2)23-14-15-26(24)16-18-10-8-7-9-11-18/h7-11,17,19H,5-6,12-16H2,1-4H3,(H2,21,22,23). The molecule has 0 radical (unpaired) electrons. The summed E-state index contributed by atoms with van der Waals surface area (Å²) in [6, 6.07) is 9.96. The first-order valence-electron chi connectivity index (χ1n) is 9.59. The molecular formula is C20H35N3O2S. The molecule has 0 saturated heterocycles. The summed E-state index contributed by atoms with van der Waals surface area (Å²) >= 11 is 0. The van der Waals surface area contributed by atoms with Gasteiger partial charge >= 0.3 is 0 Å². The molecule has 0 bridgehead atoms. The van der Waals surface area contributed by atoms with E-state index in [1.165, 1.54) is 0 Å². The molecule has 2 unspecified atom stereocenters. The van der Waals surface area contributed by atoms with Crippen molar-refractivity contribution in [1.82, 2.24) is 10.6 Å². The Bertz CT molecular complexity index is 535. The van der Waals surface area contributed by atoms with E-state index in [1.807, 2.05) is 44.2 Å². The highest BCUT2D eigenvalue weighted by Crippen LogP contribution is 2.10. The molecule has 0 saturated carbocycles. The molecule has 0 aliphatic carbocycles. The first-order chi connectivity index (χ1) is 12.6. The first-order valence-corrected chi connectivity index (χ1v) is 11.1. The van der Waals surface area contributed by atoms with Gasteiger partial charge in [-0.3, -0.25) is 9.20 Å². The highest BCUT2D eigenvalue weighted by molar-refractivity contribution is 7.84. The third-order valence-corrected chi connectivity index (χ3v) is 5.26. The normalized spacial score (nSPS) is 14.3. The molecule has 1 aromatic carbocycles. The second-order valence-corrected chi connectivity index (χ2v) is 8.06. The molecule has 5 nitrogen and oxygen atoms in total. The molecule has 6 heteroatoms. The molecule has 1 aromatic rings. The van der Waals surface area contributed by atoms with Gasteiger partial charge < -0.3 is 15.4 Å². The van der Waals surface area contributed by atoms with Gasteiger partial charge in [0, 0.05) is 48.5 Å². The van der Waals surface area contributed by atoms with Crippen LogP contribution in [0.25, 0.3) is 0 Å². The van der Waals surface area contributed by atoms with Crippen LogP contribution >= 0.6 is 0 Å². The smallest absolute Gasteiger partial charge is 0.191 e. The van der Waals surface area contributed by atoms with Gasteiger partial charge in [-0.15, -0.1) is 0 Å². The van der Waals surface area contributed by atoms with Gasteiger partial charge in [-0.1, -0.05) is 44.2 Å². The minimum atomic E-state index is -0.879. The summed E-state index contributed by atoms with van der Waals surface area (Å²) in [5.41, 5.74) is 1.11. The van der Waals surface area contributed by atoms with E-state index < -0.39 is 10.8 Å². The molecule has 0 heterocycles. The van der Waals surface area contributed by atoms with Crippen molar-refractivity contribution in [2.45, 2.75) is 46.0 Å². The van der Waals surface area contributed by atoms with Gasteiger partial charge in [-0.2, -0.15) is 0 Å². The number of hydrogen-bond acceptors (Lipinski definition) is 3. The molecule has 1 rings (SSSR count). The van der Waals surface area contributed by atoms with Crippen LogP contribution in [0.2, 0.25) is 0 Å². The lowest BCUT2D eigenvalue weighted by Gasteiger charge is -2.20. The molecule has 0 aromatic heterocycles. The number of hydrogen-bond donors (Lipinski definition) is 2. The maximum absolute atomic E-state index is 12.2. The minimum absolute atomic E-state index is 0.241. The van der Waals surface area contributed by atoms with Crippen LogP contribution in [0.1, 0.15) is 39.7 Å². The Hall–Kier alpha value is -1.40. The van der Waals surface area contributed by atoms with Crippen molar-refractivity contribution >= 4 is 16.8 Å². The molecule has 26 heavy (non-hydrogen) atoms. The molecular weight excluding hydrogens is 346 g/mol. The fraction of sp³-hybridized carbons (Fsp3) is 0.650. The average Bonchev–Trinajstić information content (AvgIpc) is 2.61. The number of benzene rings is 1. The van der Waals surface area contributed by atoms with Crippen LogP contribution in [0.4, 0.5) is 0 Å². The van der Waals surface area contributed by atoms with E-state index >= 15 is 0 Å². The summed E-state index contributed by atoms with van der Waals surface area (Å²) in [7, 11) is -0.879. The predicted octanol–water partition coefficient (Wildman–Crippen LogP) is 2.94. The number of ether oxygens (including phenoxy) is 1. The fourth-order valence-corrected chi connectivity index (χ4v) is 3.62. The van der Waals surface area contributed by atoms with Crippen LogP contribution in [0, 0.1) is 5.92 Å². The molecule has 0 aliphatic heterocycles. The molecule has 0 fully saturated rings. The average molecular weight is 382 g/mol. The predicted molar refractivity (Wildman–Crippen MR) is 112 cm³/mol. The van der Waals surface area contributed by atoms with E-state index in [1.54, 1.807) is 0 Å². The summed E-state index contributed by atoms with van der Waals surface area (Å²) in [6.07, 6.45) is 1.15. The molecule has 2 N–H and O–H groups in total. The van der Waals surface area contributed by atoms with Gasteiger partial charge in [-0.25, -0.2) is 0 Å². The van der Waals surface area contributed by atoms with Crippen molar-refractivity contribution in [3.05, 3.63) is 35.9 Å². The molecule has 2 atom stereocenters. The summed E-state index contributed by atoms with van der Waals surface area (Å²) in [4.78, 5) is 4.61. The Kier molecular flexibility index (Phi) is 12.0. The van der Waals surface area contributed by atoms with Crippen molar-refractivity contribution in [1.29, 1.82) is 0 Å². The lowest BCUT2D eigenvalue weighted by atomic mass is 10.0. The number of guanidine groups is 1. The van der Waals surface area contributed by atoms with Crippen LogP contribution in [0.15, 0.2) is 35.3 Å². The van der Waals surface area contributed by atoms with E-state index in [9.17, 15) is 4.21 Å². The molecule has 0 spiro atoms. The van der Waals surface area contributed by atoms with E-state index in [0.29, 0.717) is 30.5 Å². The lowest BCUT2D eigenvalue weighted by Crippen LogP contribution is -2.39. The van der Waals surface area contributed by atoms with Crippen LogP contribution in [0.3, 0.4) is 0 Å². The zero-order chi connectivity index (χ0) is 19.2. The van der Waals surface area contributed by atoms with Crippen molar-refractivity contribution in [3.63, 3.8) is 0 Å². The highest BCUT2D eigenvalue weighted by Gasteiger charge is 2.12. The number of nitrogens with one attached hydrogen (secondary N) is 2. The topological polar surface area (TPSA) is 62.7 Å². The monoisotopic (exact) mass is 381 g/mol. The molecule has 148 valence electrons. The first kappa shape index (κ1) is 22.6. The van der Waals surface area contributed by atoms with Gasteiger partial charge in [0.1, 0.15) is 0 Å². The zero-order valence-corrected chi connectivity index (χ0v) is 17.5. The summed E-state index contributed by atoms with van der Waals surface area (Å²) in [6.45, 7) is 11.3. The van der Waals surface area contributed by atoms with Gasteiger partial charge in [0.25, 0.3) is 0 Å². The quantitative estimate of drug-likeness (QED) is 0.432. The summed E-state index contributed by atoms with van der Waals surface area (Å²) in [5.74, 6) is 2.47. The van der Waals surface area contributed by atoms with Crippen molar-refractivity contribution in [2.75, 3.05) is 32.0 Å². The highest BCUT2D eigenvalue weighted by atomic mass is 32.2. The Balaban J connectivity index is 2.38. The maximum Gasteiger partial charge on any atom is 0.191 e. The van der Waals surface area contributed by atoms with Crippen molar-refractivity contribution < 1.29 is 8.95 Å². The molecule has 0 aliphatic rings. The number of aliphatic imine (C=N–C) groups is 1. The second-order valence-electron chi connectivity index (χ2n) is 6.49. The summed E-state index contributed by atoms with van der Waals surface area (Å²) in [5, 5.41) is 6.52. The van der Waals surface area contributed by atoms with Crippen LogP contribution in [0.5, 0.6) is 0 Å². The molecule has 0 amide bonds.